The number of hydrogen-bond donors (Lipinski definition) is 1. The van der Waals surface area contributed by atoms with E-state index in [4.69, 9.17) is 4.74 Å². The lowest BCUT2D eigenvalue weighted by Gasteiger charge is -2.27. The molecule has 8 nitrogen and oxygen atoms in total. The molecule has 0 radical (unpaired) electrons. The number of amides is 2. The maximum Gasteiger partial charge on any atom is 0.244 e. The number of hydrogen-bond acceptors (Lipinski definition) is 6. The number of nitrogens with one attached hydrogen (secondary N) is 1. The van der Waals surface area contributed by atoms with E-state index in [2.05, 4.69) is 5.32 Å². The Morgan fingerprint density at radius 1 is 1.15 bits per heavy atom. The van der Waals surface area contributed by atoms with Gasteiger partial charge in [0.05, 0.1) is 23.8 Å². The number of anilines is 2. The third-order valence-corrected chi connectivity index (χ3v) is 8.64. The van der Waals surface area contributed by atoms with Crippen LogP contribution in [-0.4, -0.2) is 63.1 Å². The summed E-state index contributed by atoms with van der Waals surface area (Å²) in [6, 6.07) is 12.4. The lowest BCUT2D eigenvalue weighted by Crippen LogP contribution is -2.41. The molecule has 1 saturated heterocycles. The third-order valence-electron chi connectivity index (χ3n) is 5.68. The van der Waals surface area contributed by atoms with Gasteiger partial charge in [-0.3, -0.25) is 9.59 Å². The molecule has 0 aromatic heterocycles. The first-order valence-electron chi connectivity index (χ1n) is 10.9. The van der Waals surface area contributed by atoms with E-state index in [9.17, 15) is 18.0 Å². The molecule has 2 heterocycles. The number of nitrogens with zero attached hydrogens (tertiary/aromatic N) is 2. The summed E-state index contributed by atoms with van der Waals surface area (Å²) in [6.45, 7) is 3.10. The molecule has 2 aromatic carbocycles. The van der Waals surface area contributed by atoms with Crippen molar-refractivity contribution in [1.29, 1.82) is 0 Å². The number of aryl methyl sites for hydroxylation is 1. The van der Waals surface area contributed by atoms with Crippen molar-refractivity contribution >= 4 is 45.0 Å². The SMILES string of the molecule is CCc1ccccc1NC(=O)CN1C(=O)CCSc2ccc(S(=O)(=O)N3CCOCC3)cc21. The largest absolute Gasteiger partial charge is 0.379 e. The first-order chi connectivity index (χ1) is 15.9. The Kier molecular flexibility index (Phi) is 7.38. The van der Waals surface area contributed by atoms with Crippen molar-refractivity contribution in [2.45, 2.75) is 29.6 Å². The van der Waals surface area contributed by atoms with Crippen LogP contribution in [0.4, 0.5) is 11.4 Å². The molecular weight excluding hydrogens is 462 g/mol. The summed E-state index contributed by atoms with van der Waals surface area (Å²) in [5.74, 6) is 0.0303. The Balaban J connectivity index is 1.62. The van der Waals surface area contributed by atoms with Gasteiger partial charge in [0.1, 0.15) is 6.54 Å². The zero-order chi connectivity index (χ0) is 23.4. The first kappa shape index (κ1) is 23.7. The third kappa shape index (κ3) is 5.24. The van der Waals surface area contributed by atoms with E-state index >= 15 is 0 Å². The average Bonchev–Trinajstić information content (AvgIpc) is 2.98. The number of fused-ring (bicyclic) bond motifs is 1. The van der Waals surface area contributed by atoms with E-state index in [1.165, 1.54) is 27.0 Å². The number of sulfonamides is 1. The Morgan fingerprint density at radius 2 is 1.91 bits per heavy atom. The van der Waals surface area contributed by atoms with Gasteiger partial charge < -0.3 is 15.0 Å². The van der Waals surface area contributed by atoms with Crippen molar-refractivity contribution in [3.8, 4) is 0 Å². The van der Waals surface area contributed by atoms with Gasteiger partial charge in [-0.05, 0) is 36.2 Å². The van der Waals surface area contributed by atoms with Gasteiger partial charge in [0.2, 0.25) is 21.8 Å². The Labute approximate surface area is 198 Å². The molecule has 0 bridgehead atoms. The summed E-state index contributed by atoms with van der Waals surface area (Å²) < 4.78 is 33.0. The van der Waals surface area contributed by atoms with Crippen LogP contribution >= 0.6 is 11.8 Å². The first-order valence-corrected chi connectivity index (χ1v) is 13.4. The lowest BCUT2D eigenvalue weighted by molar-refractivity contribution is -0.121. The number of para-hydroxylation sites is 1. The van der Waals surface area contributed by atoms with Crippen LogP contribution in [0, 0.1) is 0 Å². The molecule has 0 atom stereocenters. The summed E-state index contributed by atoms with van der Waals surface area (Å²) >= 11 is 1.49. The summed E-state index contributed by atoms with van der Waals surface area (Å²) in [5, 5.41) is 2.90. The van der Waals surface area contributed by atoms with E-state index in [-0.39, 0.29) is 42.8 Å². The predicted molar refractivity (Wildman–Crippen MR) is 128 cm³/mol. The number of morpholine rings is 1. The molecule has 0 unspecified atom stereocenters. The molecule has 176 valence electrons. The number of rotatable bonds is 6. The molecule has 33 heavy (non-hydrogen) atoms. The fourth-order valence-electron chi connectivity index (χ4n) is 3.90. The molecule has 0 spiro atoms. The number of thioether (sulfide) groups is 1. The van der Waals surface area contributed by atoms with Crippen LogP contribution in [0.3, 0.4) is 0 Å². The van der Waals surface area contributed by atoms with Crippen molar-refractivity contribution in [3.63, 3.8) is 0 Å². The van der Waals surface area contributed by atoms with Crippen LogP contribution in [-0.2, 0) is 30.8 Å². The fourth-order valence-corrected chi connectivity index (χ4v) is 6.31. The van der Waals surface area contributed by atoms with Crippen molar-refractivity contribution in [3.05, 3.63) is 48.0 Å². The molecule has 0 saturated carbocycles. The minimum atomic E-state index is -3.73. The zero-order valence-corrected chi connectivity index (χ0v) is 20.1. The van der Waals surface area contributed by atoms with Gasteiger partial charge in [-0.2, -0.15) is 4.31 Å². The number of carbonyl (C=O) groups is 2. The zero-order valence-electron chi connectivity index (χ0n) is 18.5. The molecular formula is C23H27N3O5S2. The Morgan fingerprint density at radius 3 is 2.67 bits per heavy atom. The van der Waals surface area contributed by atoms with E-state index < -0.39 is 10.0 Å². The average molecular weight is 490 g/mol. The van der Waals surface area contributed by atoms with Crippen LogP contribution in [0.5, 0.6) is 0 Å². The predicted octanol–water partition coefficient (Wildman–Crippen LogP) is 2.74. The maximum absolute atomic E-state index is 13.2. The highest BCUT2D eigenvalue weighted by Crippen LogP contribution is 2.36. The molecule has 10 heteroatoms. The topological polar surface area (TPSA) is 96.0 Å². The minimum Gasteiger partial charge on any atom is -0.379 e. The van der Waals surface area contributed by atoms with E-state index in [0.717, 1.165) is 16.9 Å². The quantitative estimate of drug-likeness (QED) is 0.670. The van der Waals surface area contributed by atoms with Crippen molar-refractivity contribution in [1.82, 2.24) is 4.31 Å². The standard InChI is InChI=1S/C23H27N3O5S2/c1-2-17-5-3-4-6-19(17)24-22(27)16-26-20-15-18(7-8-21(20)32-14-9-23(26)28)33(29,30)25-10-12-31-13-11-25/h3-8,15H,2,9-14,16H2,1H3,(H,24,27). The van der Waals surface area contributed by atoms with Crippen molar-refractivity contribution < 1.29 is 22.7 Å². The maximum atomic E-state index is 13.2. The lowest BCUT2D eigenvalue weighted by atomic mass is 10.1. The van der Waals surface area contributed by atoms with Crippen molar-refractivity contribution in [2.75, 3.05) is 48.8 Å². The van der Waals surface area contributed by atoms with Gasteiger partial charge >= 0.3 is 0 Å². The second-order valence-corrected chi connectivity index (χ2v) is 10.9. The van der Waals surface area contributed by atoms with Gasteiger partial charge in [-0.15, -0.1) is 11.8 Å². The van der Waals surface area contributed by atoms with Crippen LogP contribution in [0.15, 0.2) is 52.3 Å². The van der Waals surface area contributed by atoms with Gasteiger partial charge in [0.15, 0.2) is 0 Å². The molecule has 2 amide bonds. The Hall–Kier alpha value is -2.40. The van der Waals surface area contributed by atoms with Crippen LogP contribution < -0.4 is 10.2 Å². The van der Waals surface area contributed by atoms with Crippen LogP contribution in [0.2, 0.25) is 0 Å². The number of carbonyl (C=O) groups excluding carboxylic acids is 2. The van der Waals surface area contributed by atoms with Crippen LogP contribution in [0.25, 0.3) is 0 Å². The van der Waals surface area contributed by atoms with Gasteiger partial charge in [0.25, 0.3) is 0 Å². The van der Waals surface area contributed by atoms with E-state index in [1.54, 1.807) is 12.1 Å². The molecule has 2 aliphatic heterocycles. The summed E-state index contributed by atoms with van der Waals surface area (Å²) in [7, 11) is -3.73. The molecule has 2 aliphatic rings. The van der Waals surface area contributed by atoms with E-state index in [1.807, 2.05) is 31.2 Å². The molecule has 4 rings (SSSR count). The second kappa shape index (κ2) is 10.3. The highest BCUT2D eigenvalue weighted by molar-refractivity contribution is 7.99. The highest BCUT2D eigenvalue weighted by Gasteiger charge is 2.30. The number of benzene rings is 2. The normalized spacial score (nSPS) is 17.4. The monoisotopic (exact) mass is 489 g/mol. The molecule has 1 fully saturated rings. The fraction of sp³-hybridized carbons (Fsp3) is 0.391. The van der Waals surface area contributed by atoms with Crippen LogP contribution in [0.1, 0.15) is 18.9 Å². The summed E-state index contributed by atoms with van der Waals surface area (Å²) in [5.41, 5.74) is 2.17. The van der Waals surface area contributed by atoms with Gasteiger partial charge in [0, 0.05) is 35.8 Å². The van der Waals surface area contributed by atoms with Crippen molar-refractivity contribution in [2.24, 2.45) is 0 Å². The van der Waals surface area contributed by atoms with E-state index in [0.29, 0.717) is 30.3 Å². The highest BCUT2D eigenvalue weighted by atomic mass is 32.2. The molecule has 2 aromatic rings. The van der Waals surface area contributed by atoms with Gasteiger partial charge in [-0.1, -0.05) is 25.1 Å². The Bertz CT molecular complexity index is 1150. The summed E-state index contributed by atoms with van der Waals surface area (Å²) in [4.78, 5) is 28.1. The second-order valence-electron chi connectivity index (χ2n) is 7.78. The molecule has 0 aliphatic carbocycles. The smallest absolute Gasteiger partial charge is 0.244 e. The summed E-state index contributed by atoms with van der Waals surface area (Å²) in [6.07, 6.45) is 1.03. The van der Waals surface area contributed by atoms with Gasteiger partial charge in [-0.25, -0.2) is 8.42 Å². The number of ether oxygens (including phenoxy) is 1. The molecule has 1 N–H and O–H groups in total. The minimum absolute atomic E-state index is 0.111.